The highest BCUT2D eigenvalue weighted by Crippen LogP contribution is 2.23. The molecule has 15 heteroatoms. The van der Waals surface area contributed by atoms with Crippen LogP contribution in [0, 0.1) is 5.41 Å². The molecule has 0 spiro atoms. The number of ether oxygens (including phenoxy) is 1. The minimum absolute atomic E-state index is 0.188. The molecule has 220 valence electrons. The second-order valence-electron chi connectivity index (χ2n) is 9.88. The monoisotopic (exact) mass is 632 g/mol. The number of carbonyl (C=O) groups excluding carboxylic acids is 5. The van der Waals surface area contributed by atoms with Crippen LogP contribution in [0.25, 0.3) is 0 Å². The predicted molar refractivity (Wildman–Crippen MR) is 154 cm³/mol. The van der Waals surface area contributed by atoms with Gasteiger partial charge in [0.15, 0.2) is 6.10 Å². The minimum Gasteiger partial charge on any atom is -0.452 e. The predicted octanol–water partition coefficient (Wildman–Crippen LogP) is 1.51. The summed E-state index contributed by atoms with van der Waals surface area (Å²) >= 11 is 3.41. The number of halogens is 1. The summed E-state index contributed by atoms with van der Waals surface area (Å²) < 4.78 is 5.61. The van der Waals surface area contributed by atoms with E-state index in [0.29, 0.717) is 53.5 Å². The number of hydrogen-bond acceptors (Lipinski definition) is 10. The number of nitrogens with one attached hydrogen (secondary N) is 4. The van der Waals surface area contributed by atoms with Gasteiger partial charge in [0.05, 0.1) is 11.0 Å². The number of likely N-dealkylation sites (N-methyl/N-ethyl adjacent to an activating group) is 1. The van der Waals surface area contributed by atoms with Crippen LogP contribution in [-0.2, 0) is 28.7 Å². The van der Waals surface area contributed by atoms with Crippen molar-refractivity contribution in [2.45, 2.75) is 39.2 Å². The van der Waals surface area contributed by atoms with E-state index in [-0.39, 0.29) is 13.0 Å². The van der Waals surface area contributed by atoms with Crippen LogP contribution in [-0.4, -0.2) is 77.3 Å². The van der Waals surface area contributed by atoms with E-state index < -0.39 is 41.1 Å². The maximum atomic E-state index is 12.5. The Bertz CT molecular complexity index is 1320. The summed E-state index contributed by atoms with van der Waals surface area (Å²) in [4.78, 5) is 69.6. The summed E-state index contributed by atoms with van der Waals surface area (Å²) in [6, 6.07) is 6.89. The van der Waals surface area contributed by atoms with Gasteiger partial charge >= 0.3 is 5.97 Å². The van der Waals surface area contributed by atoms with Gasteiger partial charge in [0.25, 0.3) is 5.91 Å². The fourth-order valence-corrected chi connectivity index (χ4v) is 3.96. The Hall–Kier alpha value is -4.27. The number of nitrogens with two attached hydrogens (primary N) is 1. The van der Waals surface area contributed by atoms with E-state index in [9.17, 15) is 24.0 Å². The number of aromatic nitrogens is 2. The number of primary amides is 1. The van der Waals surface area contributed by atoms with E-state index in [0.717, 1.165) is 0 Å². The van der Waals surface area contributed by atoms with Crippen molar-refractivity contribution < 1.29 is 28.7 Å². The van der Waals surface area contributed by atoms with Crippen molar-refractivity contribution in [1.29, 1.82) is 0 Å². The number of esters is 1. The highest BCUT2D eigenvalue weighted by atomic mass is 79.9. The molecule has 1 unspecified atom stereocenters. The third-order valence-electron chi connectivity index (χ3n) is 6.18. The number of rotatable bonds is 13. The zero-order valence-electron chi connectivity index (χ0n) is 23.0. The zero-order chi connectivity index (χ0) is 30.2. The Labute approximate surface area is 245 Å². The number of hydrogen-bond donors (Lipinski definition) is 5. The van der Waals surface area contributed by atoms with Crippen LogP contribution in [0.4, 0.5) is 23.1 Å². The molecule has 1 aliphatic heterocycles. The summed E-state index contributed by atoms with van der Waals surface area (Å²) in [5.74, 6) is -1.56. The van der Waals surface area contributed by atoms with Gasteiger partial charge in [0.2, 0.25) is 23.7 Å². The van der Waals surface area contributed by atoms with Gasteiger partial charge < -0.3 is 36.6 Å². The van der Waals surface area contributed by atoms with Gasteiger partial charge in [0, 0.05) is 50.6 Å². The standard InChI is InChI=1S/C26H33BrN8O6/c1-26(2,23(28)39)24(40)30-11-5-10-29-21-17(27)13-31-25(34-21)33-16-7-4-6-15(12-16)32-19(36)14-35(3)22(38)18-8-9-20(37)41-18/h4,6-7,12-13,18H,5,8-11,14H2,1-3H3,(H2,28,39)(H,30,40)(H,32,36)(H2,29,31,33,34). The summed E-state index contributed by atoms with van der Waals surface area (Å²) in [5, 5.41) is 11.7. The molecule has 1 saturated heterocycles. The third kappa shape index (κ3) is 8.86. The lowest BCUT2D eigenvalue weighted by Crippen LogP contribution is -2.46. The molecular formula is C26H33BrN8O6. The molecule has 1 aromatic carbocycles. The highest BCUT2D eigenvalue weighted by molar-refractivity contribution is 9.10. The molecule has 1 aromatic heterocycles. The van der Waals surface area contributed by atoms with Crippen molar-refractivity contribution in [3.8, 4) is 0 Å². The number of anilines is 4. The molecule has 0 aliphatic carbocycles. The van der Waals surface area contributed by atoms with Gasteiger partial charge in [-0.15, -0.1) is 0 Å². The molecule has 1 fully saturated rings. The second-order valence-corrected chi connectivity index (χ2v) is 10.7. The van der Waals surface area contributed by atoms with Crippen LogP contribution in [0.5, 0.6) is 0 Å². The molecule has 0 radical (unpaired) electrons. The molecule has 1 aliphatic rings. The molecule has 14 nitrogen and oxygen atoms in total. The lowest BCUT2D eigenvalue weighted by molar-refractivity contribution is -0.152. The van der Waals surface area contributed by atoms with Crippen LogP contribution in [0.3, 0.4) is 0 Å². The number of amides is 4. The first kappa shape index (κ1) is 31.3. The van der Waals surface area contributed by atoms with E-state index in [1.54, 1.807) is 30.5 Å². The minimum atomic E-state index is -1.29. The van der Waals surface area contributed by atoms with E-state index >= 15 is 0 Å². The lowest BCUT2D eigenvalue weighted by atomic mass is 9.91. The van der Waals surface area contributed by atoms with Crippen molar-refractivity contribution >= 4 is 68.7 Å². The third-order valence-corrected chi connectivity index (χ3v) is 6.76. The number of benzene rings is 1. The van der Waals surface area contributed by atoms with Gasteiger partial charge in [-0.05, 0) is 54.4 Å². The van der Waals surface area contributed by atoms with Gasteiger partial charge in [-0.2, -0.15) is 4.98 Å². The molecule has 41 heavy (non-hydrogen) atoms. The van der Waals surface area contributed by atoms with Crippen LogP contribution < -0.4 is 27.0 Å². The number of nitrogens with zero attached hydrogens (tertiary/aromatic N) is 3. The average Bonchev–Trinajstić information content (AvgIpc) is 3.35. The second kappa shape index (κ2) is 13.9. The fraction of sp³-hybridized carbons (Fsp3) is 0.423. The van der Waals surface area contributed by atoms with Crippen LogP contribution in [0.15, 0.2) is 34.9 Å². The van der Waals surface area contributed by atoms with E-state index in [4.69, 9.17) is 10.5 Å². The van der Waals surface area contributed by atoms with E-state index in [2.05, 4.69) is 47.2 Å². The molecule has 4 amide bonds. The number of carbonyl (C=O) groups is 5. The Morgan fingerprint density at radius 3 is 2.61 bits per heavy atom. The first-order valence-electron chi connectivity index (χ1n) is 12.8. The summed E-state index contributed by atoms with van der Waals surface area (Å²) in [6.45, 7) is 3.56. The molecule has 1 atom stereocenters. The van der Waals surface area contributed by atoms with Crippen LogP contribution >= 0.6 is 15.9 Å². The quantitative estimate of drug-likeness (QED) is 0.122. The topological polar surface area (TPSA) is 198 Å². The average molecular weight is 634 g/mol. The maximum Gasteiger partial charge on any atom is 0.306 e. The zero-order valence-corrected chi connectivity index (χ0v) is 24.5. The molecule has 2 heterocycles. The van der Waals surface area contributed by atoms with Crippen molar-refractivity contribution in [3.63, 3.8) is 0 Å². The van der Waals surface area contributed by atoms with E-state index in [1.165, 1.54) is 25.8 Å². The Morgan fingerprint density at radius 2 is 1.93 bits per heavy atom. The molecule has 0 saturated carbocycles. The lowest BCUT2D eigenvalue weighted by Gasteiger charge is -2.20. The molecule has 2 aromatic rings. The highest BCUT2D eigenvalue weighted by Gasteiger charge is 2.34. The van der Waals surface area contributed by atoms with Crippen molar-refractivity contribution in [2.75, 3.05) is 42.6 Å². The summed E-state index contributed by atoms with van der Waals surface area (Å²) in [7, 11) is 1.48. The first-order chi connectivity index (χ1) is 19.4. The molecule has 3 rings (SSSR count). The Kier molecular flexibility index (Phi) is 10.6. The molecule has 6 N–H and O–H groups in total. The molecule has 0 bridgehead atoms. The summed E-state index contributed by atoms with van der Waals surface area (Å²) in [6.07, 6.45) is 1.79. The SMILES string of the molecule is CN(CC(=O)Nc1cccc(Nc2ncc(Br)c(NCCCNC(=O)C(C)(C)C(N)=O)n2)c1)C(=O)C1CCC(=O)O1. The maximum absolute atomic E-state index is 12.5. The Morgan fingerprint density at radius 1 is 1.20 bits per heavy atom. The fourth-order valence-electron chi connectivity index (χ4n) is 3.62. The van der Waals surface area contributed by atoms with Crippen LogP contribution in [0.1, 0.15) is 33.1 Å². The number of cyclic esters (lactones) is 1. The van der Waals surface area contributed by atoms with Gasteiger partial charge in [0.1, 0.15) is 11.2 Å². The van der Waals surface area contributed by atoms with Crippen molar-refractivity contribution in [3.05, 3.63) is 34.9 Å². The molecular weight excluding hydrogens is 600 g/mol. The Balaban J connectivity index is 1.50. The van der Waals surface area contributed by atoms with Gasteiger partial charge in [-0.3, -0.25) is 24.0 Å². The smallest absolute Gasteiger partial charge is 0.306 e. The first-order valence-corrected chi connectivity index (χ1v) is 13.6. The normalized spacial score (nSPS) is 14.5. The van der Waals surface area contributed by atoms with Crippen molar-refractivity contribution in [2.24, 2.45) is 11.1 Å². The van der Waals surface area contributed by atoms with Crippen molar-refractivity contribution in [1.82, 2.24) is 20.2 Å². The summed E-state index contributed by atoms with van der Waals surface area (Å²) in [5.41, 5.74) is 5.08. The largest absolute Gasteiger partial charge is 0.452 e. The van der Waals surface area contributed by atoms with Gasteiger partial charge in [-0.1, -0.05) is 6.07 Å². The van der Waals surface area contributed by atoms with Crippen LogP contribution in [0.2, 0.25) is 0 Å². The van der Waals surface area contributed by atoms with Gasteiger partial charge in [-0.25, -0.2) is 4.98 Å². The van der Waals surface area contributed by atoms with E-state index in [1.807, 2.05) is 0 Å².